The second-order valence-corrected chi connectivity index (χ2v) is 9.84. The number of carbonyl (C=O) groups excluding carboxylic acids is 3. The lowest BCUT2D eigenvalue weighted by Crippen LogP contribution is -2.51. The molecule has 2 saturated heterocycles. The van der Waals surface area contributed by atoms with Gasteiger partial charge in [0.25, 0.3) is 0 Å². The van der Waals surface area contributed by atoms with Crippen LogP contribution in [-0.2, 0) is 19.1 Å². The summed E-state index contributed by atoms with van der Waals surface area (Å²) in [6, 6.07) is 14.7. The number of nitrogens with one attached hydrogen (secondary N) is 1. The largest absolute Gasteiger partial charge is 0.491 e. The molecular weight excluding hydrogens is 486 g/mol. The van der Waals surface area contributed by atoms with E-state index in [1.54, 1.807) is 9.80 Å². The van der Waals surface area contributed by atoms with Gasteiger partial charge in [-0.05, 0) is 36.7 Å². The molecule has 0 bridgehead atoms. The van der Waals surface area contributed by atoms with E-state index in [9.17, 15) is 14.4 Å². The van der Waals surface area contributed by atoms with Crippen LogP contribution in [0, 0.1) is 11.3 Å². The number of nitrogen functional groups attached to an aromatic ring is 1. The minimum atomic E-state index is -0.531. The van der Waals surface area contributed by atoms with Crippen LogP contribution in [-0.4, -0.2) is 97.8 Å². The third kappa shape index (κ3) is 6.49. The van der Waals surface area contributed by atoms with Crippen LogP contribution in [0.5, 0.6) is 5.75 Å². The van der Waals surface area contributed by atoms with E-state index in [4.69, 9.17) is 20.6 Å². The van der Waals surface area contributed by atoms with Gasteiger partial charge in [0.1, 0.15) is 24.7 Å². The lowest BCUT2D eigenvalue weighted by Gasteiger charge is -2.34. The zero-order valence-corrected chi connectivity index (χ0v) is 21.9. The van der Waals surface area contributed by atoms with Crippen molar-refractivity contribution >= 4 is 23.6 Å². The van der Waals surface area contributed by atoms with Crippen LogP contribution in [0.15, 0.2) is 48.5 Å². The van der Waals surface area contributed by atoms with Gasteiger partial charge in [-0.25, -0.2) is 0 Å². The standard InChI is InChI=1S/C28H35N5O5/c1-31-11-13-32(14-12-31)25(34)17-33-23(15-22(28(33)36)16-26(35)37-2)18-38-24-9-7-20(8-10-24)19-3-5-21(6-4-19)27(29)30/h3-10,22-23H,11-18H2,1-2H3,(H3,29,30)/t22-,23-/m0/s1. The molecule has 2 amide bonds. The van der Waals surface area contributed by atoms with Gasteiger partial charge in [-0.1, -0.05) is 36.4 Å². The van der Waals surface area contributed by atoms with Crippen LogP contribution >= 0.6 is 0 Å². The van der Waals surface area contributed by atoms with Crippen molar-refractivity contribution in [3.8, 4) is 16.9 Å². The van der Waals surface area contributed by atoms with Crippen LogP contribution in [0.2, 0.25) is 0 Å². The number of esters is 1. The summed E-state index contributed by atoms with van der Waals surface area (Å²) in [6.07, 6.45) is 0.409. The van der Waals surface area contributed by atoms with Gasteiger partial charge >= 0.3 is 5.97 Å². The maximum absolute atomic E-state index is 13.2. The van der Waals surface area contributed by atoms with Gasteiger partial charge in [-0.15, -0.1) is 0 Å². The highest BCUT2D eigenvalue weighted by Crippen LogP contribution is 2.29. The number of nitrogens with two attached hydrogens (primary N) is 1. The third-order valence-electron chi connectivity index (χ3n) is 7.26. The van der Waals surface area contributed by atoms with E-state index >= 15 is 0 Å². The van der Waals surface area contributed by atoms with Gasteiger partial charge in [0.2, 0.25) is 11.8 Å². The molecular formula is C28H35N5O5. The fourth-order valence-corrected chi connectivity index (χ4v) is 4.87. The van der Waals surface area contributed by atoms with Crippen molar-refractivity contribution in [1.82, 2.24) is 14.7 Å². The molecule has 4 rings (SSSR count). The first kappa shape index (κ1) is 27.1. The van der Waals surface area contributed by atoms with Crippen molar-refractivity contribution in [2.75, 3.05) is 53.5 Å². The summed E-state index contributed by atoms with van der Waals surface area (Å²) in [4.78, 5) is 43.6. The van der Waals surface area contributed by atoms with Crippen molar-refractivity contribution in [3.05, 3.63) is 54.1 Å². The second-order valence-electron chi connectivity index (χ2n) is 9.84. The molecule has 2 atom stereocenters. The van der Waals surface area contributed by atoms with Crippen molar-refractivity contribution in [2.24, 2.45) is 11.7 Å². The maximum atomic E-state index is 13.2. The topological polar surface area (TPSA) is 129 Å². The van der Waals surface area contributed by atoms with Crippen molar-refractivity contribution in [1.29, 1.82) is 5.41 Å². The molecule has 3 N–H and O–H groups in total. The van der Waals surface area contributed by atoms with E-state index in [2.05, 4.69) is 4.90 Å². The summed E-state index contributed by atoms with van der Waals surface area (Å²) < 4.78 is 10.8. The van der Waals surface area contributed by atoms with E-state index in [-0.39, 0.29) is 43.3 Å². The third-order valence-corrected chi connectivity index (χ3v) is 7.26. The molecule has 2 aliphatic heterocycles. The number of ether oxygens (including phenoxy) is 2. The lowest BCUT2D eigenvalue weighted by molar-refractivity contribution is -0.146. The fourth-order valence-electron chi connectivity index (χ4n) is 4.87. The molecule has 202 valence electrons. The molecule has 10 heteroatoms. The Balaban J connectivity index is 1.41. The average Bonchev–Trinajstić information content (AvgIpc) is 3.21. The SMILES string of the molecule is COC(=O)C[C@@H]1C[C@@H](COc2ccc(-c3ccc(C(=N)N)cc3)cc2)N(CC(=O)N2CCN(C)CC2)C1=O. The molecule has 0 spiro atoms. The molecule has 2 fully saturated rings. The Morgan fingerprint density at radius 1 is 1.00 bits per heavy atom. The summed E-state index contributed by atoms with van der Waals surface area (Å²) in [6.45, 7) is 3.06. The number of hydrogen-bond acceptors (Lipinski definition) is 7. The highest BCUT2D eigenvalue weighted by Gasteiger charge is 2.42. The van der Waals surface area contributed by atoms with Gasteiger partial charge < -0.3 is 29.9 Å². The van der Waals surface area contributed by atoms with Crippen LogP contribution in [0.4, 0.5) is 0 Å². The fraction of sp³-hybridized carbons (Fsp3) is 0.429. The molecule has 0 aromatic heterocycles. The number of likely N-dealkylation sites (N-methyl/N-ethyl adjacent to an activating group) is 1. The zero-order chi connectivity index (χ0) is 27.2. The minimum absolute atomic E-state index is 0.0118. The van der Waals surface area contributed by atoms with E-state index in [1.165, 1.54) is 7.11 Å². The molecule has 38 heavy (non-hydrogen) atoms. The summed E-state index contributed by atoms with van der Waals surface area (Å²) in [5.74, 6) is -0.605. The molecule has 0 saturated carbocycles. The van der Waals surface area contributed by atoms with Crippen LogP contribution < -0.4 is 10.5 Å². The van der Waals surface area contributed by atoms with Gasteiger partial charge in [0.15, 0.2) is 0 Å². The van der Waals surface area contributed by atoms with Crippen molar-refractivity contribution in [2.45, 2.75) is 18.9 Å². The highest BCUT2D eigenvalue weighted by molar-refractivity contribution is 5.95. The summed E-state index contributed by atoms with van der Waals surface area (Å²) in [5.41, 5.74) is 8.17. The number of amides is 2. The van der Waals surface area contributed by atoms with Gasteiger partial charge in [-0.3, -0.25) is 19.8 Å². The van der Waals surface area contributed by atoms with E-state index in [0.29, 0.717) is 30.8 Å². The zero-order valence-electron chi connectivity index (χ0n) is 21.9. The summed E-state index contributed by atoms with van der Waals surface area (Å²) in [5, 5.41) is 7.53. The van der Waals surface area contributed by atoms with Gasteiger partial charge in [0, 0.05) is 31.7 Å². The normalized spacial score (nSPS) is 19.9. The van der Waals surface area contributed by atoms with Crippen molar-refractivity contribution < 1.29 is 23.9 Å². The number of nitrogens with zero attached hydrogens (tertiary/aromatic N) is 3. The number of piperazine rings is 1. The van der Waals surface area contributed by atoms with Gasteiger partial charge in [-0.2, -0.15) is 0 Å². The summed E-state index contributed by atoms with van der Waals surface area (Å²) >= 11 is 0. The maximum Gasteiger partial charge on any atom is 0.306 e. The quantitative estimate of drug-likeness (QED) is 0.291. The highest BCUT2D eigenvalue weighted by atomic mass is 16.5. The Bertz CT molecular complexity index is 1160. The molecule has 2 aliphatic rings. The minimum Gasteiger partial charge on any atom is -0.491 e. The number of benzene rings is 2. The molecule has 0 aliphatic carbocycles. The summed E-state index contributed by atoms with van der Waals surface area (Å²) in [7, 11) is 3.33. The molecule has 0 radical (unpaired) electrons. The second kappa shape index (κ2) is 12.1. The molecule has 0 unspecified atom stereocenters. The Morgan fingerprint density at radius 2 is 1.61 bits per heavy atom. The van der Waals surface area contributed by atoms with E-state index in [0.717, 1.165) is 24.2 Å². The lowest BCUT2D eigenvalue weighted by atomic mass is 10.0. The number of hydrogen-bond donors (Lipinski definition) is 2. The number of amidine groups is 1. The number of carbonyl (C=O) groups is 3. The molecule has 2 aromatic carbocycles. The van der Waals surface area contributed by atoms with Gasteiger partial charge in [0.05, 0.1) is 25.5 Å². The van der Waals surface area contributed by atoms with Crippen LogP contribution in [0.25, 0.3) is 11.1 Å². The van der Waals surface area contributed by atoms with Crippen molar-refractivity contribution in [3.63, 3.8) is 0 Å². The number of likely N-dealkylation sites (tertiary alicyclic amines) is 1. The molecule has 2 aromatic rings. The van der Waals surface area contributed by atoms with Crippen LogP contribution in [0.3, 0.4) is 0 Å². The smallest absolute Gasteiger partial charge is 0.306 e. The van der Waals surface area contributed by atoms with Crippen LogP contribution in [0.1, 0.15) is 18.4 Å². The van der Waals surface area contributed by atoms with E-state index in [1.807, 2.05) is 55.6 Å². The Morgan fingerprint density at radius 3 is 2.18 bits per heavy atom. The average molecular weight is 522 g/mol. The predicted octanol–water partition coefficient (Wildman–Crippen LogP) is 1.57. The first-order chi connectivity index (χ1) is 18.2. The Hall–Kier alpha value is -3.92. The molecule has 10 nitrogen and oxygen atoms in total. The Labute approximate surface area is 222 Å². The number of rotatable bonds is 9. The Kier molecular flexibility index (Phi) is 8.62. The van der Waals surface area contributed by atoms with E-state index < -0.39 is 11.9 Å². The first-order valence-electron chi connectivity index (χ1n) is 12.8. The monoisotopic (exact) mass is 521 g/mol. The predicted molar refractivity (Wildman–Crippen MR) is 143 cm³/mol. The molecule has 2 heterocycles. The first-order valence-corrected chi connectivity index (χ1v) is 12.8. The number of methoxy groups -OCH3 is 1.